The third-order valence-corrected chi connectivity index (χ3v) is 5.79. The molecule has 9 heteroatoms. The van der Waals surface area contributed by atoms with Gasteiger partial charge in [0.15, 0.2) is 0 Å². The monoisotopic (exact) mass is 425 g/mol. The molecule has 0 aliphatic carbocycles. The van der Waals surface area contributed by atoms with E-state index in [1.807, 2.05) is 0 Å². The molecule has 2 N–H and O–H groups in total. The molecule has 7 nitrogen and oxygen atoms in total. The van der Waals surface area contributed by atoms with E-state index in [4.69, 9.17) is 0 Å². The third-order valence-electron chi connectivity index (χ3n) is 3.28. The summed E-state index contributed by atoms with van der Waals surface area (Å²) in [6, 6.07) is 12.3. The Bertz CT molecular complexity index is 913. The van der Waals surface area contributed by atoms with Crippen molar-refractivity contribution in [3.05, 3.63) is 64.1 Å². The van der Waals surface area contributed by atoms with E-state index in [1.54, 1.807) is 24.3 Å². The van der Waals surface area contributed by atoms with Crippen molar-refractivity contribution in [3.8, 4) is 0 Å². The van der Waals surface area contributed by atoms with Gasteiger partial charge in [-0.2, -0.15) is 0 Å². The van der Waals surface area contributed by atoms with Crippen LogP contribution >= 0.6 is 15.9 Å². The number of nitrogens with zero attached hydrogens (tertiary/aromatic N) is 1. The molecule has 0 unspecified atom stereocenters. The lowest BCUT2D eigenvalue weighted by Gasteiger charge is -2.12. The predicted octanol–water partition coefficient (Wildman–Crippen LogP) is 1.77. The van der Waals surface area contributed by atoms with Crippen LogP contribution in [0.15, 0.2) is 57.9 Å². The molecule has 0 bridgehead atoms. The zero-order valence-corrected chi connectivity index (χ0v) is 15.9. The van der Waals surface area contributed by atoms with Gasteiger partial charge in [-0.25, -0.2) is 12.7 Å². The molecule has 0 aromatic heterocycles. The van der Waals surface area contributed by atoms with Gasteiger partial charge in [-0.15, -0.1) is 0 Å². The van der Waals surface area contributed by atoms with Gasteiger partial charge in [-0.1, -0.05) is 18.2 Å². The van der Waals surface area contributed by atoms with Gasteiger partial charge in [-0.3, -0.25) is 20.4 Å². The normalized spacial score (nSPS) is 11.2. The lowest BCUT2D eigenvalue weighted by atomic mass is 10.2. The average Bonchev–Trinajstić information content (AvgIpc) is 2.59. The van der Waals surface area contributed by atoms with Crippen LogP contribution in [0.25, 0.3) is 0 Å². The van der Waals surface area contributed by atoms with E-state index in [-0.39, 0.29) is 10.5 Å². The number of amides is 2. The molecule has 0 spiro atoms. The highest BCUT2D eigenvalue weighted by Crippen LogP contribution is 2.16. The highest BCUT2D eigenvalue weighted by Gasteiger charge is 2.19. The Labute approximate surface area is 154 Å². The molecule has 0 saturated heterocycles. The fourth-order valence-corrected chi connectivity index (χ4v) is 3.32. The van der Waals surface area contributed by atoms with Gasteiger partial charge in [0, 0.05) is 24.1 Å². The van der Waals surface area contributed by atoms with Crippen molar-refractivity contribution in [3.63, 3.8) is 0 Å². The average molecular weight is 426 g/mol. The molecular weight excluding hydrogens is 410 g/mol. The molecule has 0 heterocycles. The lowest BCUT2D eigenvalue weighted by Crippen LogP contribution is -2.41. The minimum Gasteiger partial charge on any atom is -0.267 e. The molecule has 0 atom stereocenters. The number of hydrogen-bond donors (Lipinski definition) is 2. The summed E-state index contributed by atoms with van der Waals surface area (Å²) >= 11 is 3.25. The summed E-state index contributed by atoms with van der Waals surface area (Å²) in [6.45, 7) is 0. The SMILES string of the molecule is CN(C)S(=O)(=O)c1cccc(C(=O)NNC(=O)c2ccccc2Br)c1. The highest BCUT2D eigenvalue weighted by molar-refractivity contribution is 9.10. The first-order valence-electron chi connectivity index (χ1n) is 7.11. The van der Waals surface area contributed by atoms with Gasteiger partial charge in [0.2, 0.25) is 10.0 Å². The summed E-state index contributed by atoms with van der Waals surface area (Å²) in [5, 5.41) is 0. The number of rotatable bonds is 4. The number of carbonyl (C=O) groups is 2. The van der Waals surface area contributed by atoms with Gasteiger partial charge in [0.25, 0.3) is 11.8 Å². The molecule has 0 radical (unpaired) electrons. The van der Waals surface area contributed by atoms with Crippen LogP contribution in [0, 0.1) is 0 Å². The smallest absolute Gasteiger partial charge is 0.267 e. The molecule has 2 aromatic carbocycles. The van der Waals surface area contributed by atoms with Crippen molar-refractivity contribution in [2.45, 2.75) is 4.90 Å². The third kappa shape index (κ3) is 4.44. The first-order chi connectivity index (χ1) is 11.7. The van der Waals surface area contributed by atoms with E-state index in [9.17, 15) is 18.0 Å². The quantitative estimate of drug-likeness (QED) is 0.729. The zero-order chi connectivity index (χ0) is 18.6. The van der Waals surface area contributed by atoms with Gasteiger partial charge >= 0.3 is 0 Å². The largest absolute Gasteiger partial charge is 0.270 e. The van der Waals surface area contributed by atoms with Crippen molar-refractivity contribution in [1.82, 2.24) is 15.2 Å². The van der Waals surface area contributed by atoms with Crippen LogP contribution in [-0.4, -0.2) is 38.6 Å². The Morgan fingerprint density at radius 2 is 1.60 bits per heavy atom. The second kappa shape index (κ2) is 7.77. The number of nitrogens with one attached hydrogen (secondary N) is 2. The first kappa shape index (κ1) is 19.1. The molecule has 2 aromatic rings. The van der Waals surface area contributed by atoms with Gasteiger partial charge in [0.1, 0.15) is 0 Å². The number of halogens is 1. The van der Waals surface area contributed by atoms with E-state index >= 15 is 0 Å². The predicted molar refractivity (Wildman–Crippen MR) is 96.4 cm³/mol. The van der Waals surface area contributed by atoms with Crippen molar-refractivity contribution >= 4 is 37.8 Å². The van der Waals surface area contributed by atoms with Crippen LogP contribution in [0.1, 0.15) is 20.7 Å². The van der Waals surface area contributed by atoms with E-state index < -0.39 is 21.8 Å². The second-order valence-electron chi connectivity index (χ2n) is 5.20. The number of sulfonamides is 1. The van der Waals surface area contributed by atoms with Crippen LogP contribution < -0.4 is 10.9 Å². The van der Waals surface area contributed by atoms with E-state index in [0.717, 1.165) is 4.31 Å². The van der Waals surface area contributed by atoms with Crippen LogP contribution in [0.2, 0.25) is 0 Å². The van der Waals surface area contributed by atoms with Crippen LogP contribution in [-0.2, 0) is 10.0 Å². The van der Waals surface area contributed by atoms with Gasteiger partial charge in [0.05, 0.1) is 10.5 Å². The molecular formula is C16H16BrN3O4S. The zero-order valence-electron chi connectivity index (χ0n) is 13.5. The Hall–Kier alpha value is -2.23. The fraction of sp³-hybridized carbons (Fsp3) is 0.125. The molecule has 132 valence electrons. The van der Waals surface area contributed by atoms with E-state index in [1.165, 1.54) is 38.4 Å². The van der Waals surface area contributed by atoms with Crippen molar-refractivity contribution in [2.75, 3.05) is 14.1 Å². The molecule has 2 amide bonds. The number of hydrogen-bond acceptors (Lipinski definition) is 4. The summed E-state index contributed by atoms with van der Waals surface area (Å²) in [6.07, 6.45) is 0. The topological polar surface area (TPSA) is 95.6 Å². The Morgan fingerprint density at radius 1 is 0.960 bits per heavy atom. The first-order valence-corrected chi connectivity index (χ1v) is 9.34. The molecule has 0 saturated carbocycles. The van der Waals surface area contributed by atoms with Crippen LogP contribution in [0.3, 0.4) is 0 Å². The molecule has 0 aliphatic heterocycles. The summed E-state index contributed by atoms with van der Waals surface area (Å²) in [4.78, 5) is 24.2. The minimum absolute atomic E-state index is 0.0118. The number of hydrazine groups is 1. The highest BCUT2D eigenvalue weighted by atomic mass is 79.9. The summed E-state index contributed by atoms with van der Waals surface area (Å²) in [5.74, 6) is -1.13. The number of carbonyl (C=O) groups excluding carboxylic acids is 2. The Morgan fingerprint density at radius 3 is 2.24 bits per heavy atom. The van der Waals surface area contributed by atoms with Gasteiger partial charge < -0.3 is 0 Å². The molecule has 0 fully saturated rings. The van der Waals surface area contributed by atoms with E-state index in [0.29, 0.717) is 10.0 Å². The minimum atomic E-state index is -3.65. The summed E-state index contributed by atoms with van der Waals surface area (Å²) < 4.78 is 25.9. The van der Waals surface area contributed by atoms with Gasteiger partial charge in [-0.05, 0) is 46.3 Å². The Kier molecular flexibility index (Phi) is 5.93. The van der Waals surface area contributed by atoms with Crippen molar-refractivity contribution in [1.29, 1.82) is 0 Å². The molecule has 0 aliphatic rings. The second-order valence-corrected chi connectivity index (χ2v) is 8.21. The maximum atomic E-state index is 12.2. The fourth-order valence-electron chi connectivity index (χ4n) is 1.91. The van der Waals surface area contributed by atoms with Crippen LogP contribution in [0.4, 0.5) is 0 Å². The number of benzene rings is 2. The maximum absolute atomic E-state index is 12.2. The van der Waals surface area contributed by atoms with E-state index in [2.05, 4.69) is 26.8 Å². The Balaban J connectivity index is 2.12. The summed E-state index contributed by atoms with van der Waals surface area (Å²) in [7, 11) is -0.847. The lowest BCUT2D eigenvalue weighted by molar-refractivity contribution is 0.0846. The van der Waals surface area contributed by atoms with Crippen molar-refractivity contribution < 1.29 is 18.0 Å². The maximum Gasteiger partial charge on any atom is 0.270 e. The van der Waals surface area contributed by atoms with Crippen molar-refractivity contribution in [2.24, 2.45) is 0 Å². The van der Waals surface area contributed by atoms with Crippen LogP contribution in [0.5, 0.6) is 0 Å². The molecule has 2 rings (SSSR count). The standard InChI is InChI=1S/C16H16BrN3O4S/c1-20(2)25(23,24)12-7-5-6-11(10-12)15(21)18-19-16(22)13-8-3-4-9-14(13)17/h3-10H,1-2H3,(H,18,21)(H,19,22). The summed E-state index contributed by atoms with van der Waals surface area (Å²) in [5.41, 5.74) is 5.02. The molecule has 25 heavy (non-hydrogen) atoms.